The summed E-state index contributed by atoms with van der Waals surface area (Å²) in [5.74, 6) is 0. The molecule has 29 heavy (non-hydrogen) atoms. The monoisotopic (exact) mass is 417 g/mol. The van der Waals surface area contributed by atoms with Gasteiger partial charge in [0.15, 0.2) is 0 Å². The third-order valence-electron chi connectivity index (χ3n) is 5.62. The van der Waals surface area contributed by atoms with Crippen molar-refractivity contribution in [2.24, 2.45) is 0 Å². The topological polar surface area (TPSA) is 67.5 Å². The third kappa shape index (κ3) is 4.91. The van der Waals surface area contributed by atoms with Gasteiger partial charge in [0.05, 0.1) is 16.9 Å². The highest BCUT2D eigenvalue weighted by Gasteiger charge is 2.51. The molecule has 1 saturated heterocycles. The number of nitrogens with zero attached hydrogens (tertiary/aromatic N) is 3. The maximum atomic E-state index is 12.6. The molecule has 1 aromatic heterocycles. The first-order chi connectivity index (χ1) is 13.4. The second-order valence-corrected chi connectivity index (χ2v) is 15.4. The van der Waals surface area contributed by atoms with E-state index in [9.17, 15) is 4.79 Å². The van der Waals surface area contributed by atoms with Crippen LogP contribution in [0.15, 0.2) is 35.4 Å². The lowest BCUT2D eigenvalue weighted by atomic mass is 9.79. The molecular weight excluding hydrogens is 385 g/mol. The minimum absolute atomic E-state index is 0.218. The van der Waals surface area contributed by atoms with E-state index in [1.165, 1.54) is 15.6 Å². The highest BCUT2D eigenvalue weighted by molar-refractivity contribution is 6.76. The van der Waals surface area contributed by atoms with Gasteiger partial charge in [-0.3, -0.25) is 4.57 Å². The molecule has 0 saturated carbocycles. The molecule has 0 atom stereocenters. The standard InChI is InChI=1S/C20H32BN3O4Si/c1-19(2)20(3,4)28-21(27-19)16-8-10-17(11-9-16)24-18(25)23(14-22-24)15-26-12-13-29(5,6)7/h8-11,14H,12-13,15H2,1-7H3. The van der Waals surface area contributed by atoms with Crippen LogP contribution in [-0.4, -0.2) is 47.3 Å². The van der Waals surface area contributed by atoms with E-state index < -0.39 is 15.2 Å². The zero-order valence-electron chi connectivity index (χ0n) is 18.6. The van der Waals surface area contributed by atoms with Crippen LogP contribution in [0.4, 0.5) is 0 Å². The molecule has 3 rings (SSSR count). The minimum atomic E-state index is -1.15. The summed E-state index contributed by atoms with van der Waals surface area (Å²) in [6.45, 7) is 15.9. The Bertz CT molecular complexity index is 884. The fourth-order valence-corrected chi connectivity index (χ4v) is 3.65. The van der Waals surface area contributed by atoms with E-state index in [-0.39, 0.29) is 23.6 Å². The summed E-state index contributed by atoms with van der Waals surface area (Å²) >= 11 is 0. The first kappa shape index (κ1) is 22.0. The van der Waals surface area contributed by atoms with E-state index in [0.717, 1.165) is 11.5 Å². The van der Waals surface area contributed by atoms with Crippen molar-refractivity contribution >= 4 is 20.7 Å². The molecule has 7 nitrogen and oxygen atoms in total. The highest BCUT2D eigenvalue weighted by atomic mass is 28.3. The van der Waals surface area contributed by atoms with Crippen molar-refractivity contribution in [1.82, 2.24) is 14.3 Å². The van der Waals surface area contributed by atoms with Crippen molar-refractivity contribution in [3.8, 4) is 5.69 Å². The van der Waals surface area contributed by atoms with E-state index in [2.05, 4.69) is 24.7 Å². The molecule has 0 bridgehead atoms. The van der Waals surface area contributed by atoms with Crippen LogP contribution in [0.3, 0.4) is 0 Å². The van der Waals surface area contributed by atoms with Gasteiger partial charge < -0.3 is 14.0 Å². The van der Waals surface area contributed by atoms with Gasteiger partial charge in [0.25, 0.3) is 0 Å². The van der Waals surface area contributed by atoms with Crippen LogP contribution in [0.2, 0.25) is 25.7 Å². The van der Waals surface area contributed by atoms with Gasteiger partial charge in [-0.2, -0.15) is 9.78 Å². The number of rotatable bonds is 7. The predicted octanol–water partition coefficient (Wildman–Crippen LogP) is 2.65. The van der Waals surface area contributed by atoms with Crippen LogP contribution >= 0.6 is 0 Å². The van der Waals surface area contributed by atoms with Gasteiger partial charge in [0, 0.05) is 14.7 Å². The van der Waals surface area contributed by atoms with Gasteiger partial charge in [-0.05, 0) is 51.3 Å². The Labute approximate surface area is 174 Å². The molecule has 0 N–H and O–H groups in total. The summed E-state index contributed by atoms with van der Waals surface area (Å²) in [7, 11) is -1.57. The SMILES string of the molecule is CC1(C)OB(c2ccc(-n3ncn(COCC[Si](C)(C)C)c3=O)cc2)OC1(C)C. The summed E-state index contributed by atoms with van der Waals surface area (Å²) < 4.78 is 20.7. The molecule has 0 spiro atoms. The lowest BCUT2D eigenvalue weighted by Gasteiger charge is -2.32. The average Bonchev–Trinajstić information content (AvgIpc) is 3.07. The molecular formula is C20H32BN3O4Si. The van der Waals surface area contributed by atoms with Crippen LogP contribution < -0.4 is 11.2 Å². The van der Waals surface area contributed by atoms with Crippen molar-refractivity contribution in [3.63, 3.8) is 0 Å². The molecule has 0 amide bonds. The van der Waals surface area contributed by atoms with Gasteiger partial charge in [0.2, 0.25) is 0 Å². The van der Waals surface area contributed by atoms with Crippen molar-refractivity contribution < 1.29 is 14.0 Å². The maximum absolute atomic E-state index is 12.6. The molecule has 0 aliphatic carbocycles. The summed E-state index contributed by atoms with van der Waals surface area (Å²) in [6, 6.07) is 8.59. The molecule has 0 unspecified atom stereocenters. The number of hydrogen-bond donors (Lipinski definition) is 0. The van der Waals surface area contributed by atoms with Gasteiger partial charge in [-0.25, -0.2) is 4.79 Å². The lowest BCUT2D eigenvalue weighted by molar-refractivity contribution is 0.00578. The van der Waals surface area contributed by atoms with E-state index in [1.54, 1.807) is 0 Å². The second-order valence-electron chi connectivity index (χ2n) is 9.82. The van der Waals surface area contributed by atoms with Crippen LogP contribution in [-0.2, 0) is 20.8 Å². The van der Waals surface area contributed by atoms with Crippen LogP contribution in [0.5, 0.6) is 0 Å². The van der Waals surface area contributed by atoms with E-state index in [1.807, 2.05) is 52.0 Å². The van der Waals surface area contributed by atoms with Crippen LogP contribution in [0.1, 0.15) is 27.7 Å². The largest absolute Gasteiger partial charge is 0.494 e. The molecule has 1 aliphatic rings. The molecule has 158 valence electrons. The molecule has 1 aromatic carbocycles. The van der Waals surface area contributed by atoms with Crippen molar-refractivity contribution in [2.45, 2.75) is 71.3 Å². The Hall–Kier alpha value is -1.68. The molecule has 0 radical (unpaired) electrons. The van der Waals surface area contributed by atoms with Crippen LogP contribution in [0.25, 0.3) is 5.69 Å². The smallest absolute Gasteiger partial charge is 0.399 e. The Morgan fingerprint density at radius 2 is 1.66 bits per heavy atom. The van der Waals surface area contributed by atoms with Gasteiger partial charge in [0.1, 0.15) is 13.1 Å². The highest BCUT2D eigenvalue weighted by Crippen LogP contribution is 2.36. The Morgan fingerprint density at radius 3 is 2.21 bits per heavy atom. The van der Waals surface area contributed by atoms with Crippen molar-refractivity contribution in [1.29, 1.82) is 0 Å². The van der Waals surface area contributed by atoms with Crippen LogP contribution in [0, 0.1) is 0 Å². The quantitative estimate of drug-likeness (QED) is 0.512. The molecule has 1 aliphatic heterocycles. The summed E-state index contributed by atoms with van der Waals surface area (Å²) in [6.07, 6.45) is 1.51. The number of benzene rings is 1. The van der Waals surface area contributed by atoms with Crippen molar-refractivity contribution in [3.05, 3.63) is 41.1 Å². The fourth-order valence-electron chi connectivity index (χ4n) is 2.89. The lowest BCUT2D eigenvalue weighted by Crippen LogP contribution is -2.41. The van der Waals surface area contributed by atoms with Gasteiger partial charge in [-0.15, -0.1) is 0 Å². The maximum Gasteiger partial charge on any atom is 0.494 e. The minimum Gasteiger partial charge on any atom is -0.399 e. The second kappa shape index (κ2) is 7.87. The van der Waals surface area contributed by atoms with Gasteiger partial charge in [-0.1, -0.05) is 31.8 Å². The normalized spacial score (nSPS) is 18.4. The summed E-state index contributed by atoms with van der Waals surface area (Å²) in [5.41, 5.74) is 0.607. The average molecular weight is 417 g/mol. The van der Waals surface area contributed by atoms with Gasteiger partial charge >= 0.3 is 12.8 Å². The Kier molecular flexibility index (Phi) is 5.97. The third-order valence-corrected chi connectivity index (χ3v) is 7.33. The first-order valence-electron chi connectivity index (χ1n) is 10.1. The van der Waals surface area contributed by atoms with Crippen molar-refractivity contribution in [2.75, 3.05) is 6.61 Å². The van der Waals surface area contributed by atoms with E-state index in [4.69, 9.17) is 14.0 Å². The van der Waals surface area contributed by atoms with E-state index >= 15 is 0 Å². The summed E-state index contributed by atoms with van der Waals surface area (Å²) in [4.78, 5) is 12.6. The molecule has 2 heterocycles. The fraction of sp³-hybridized carbons (Fsp3) is 0.600. The molecule has 1 fully saturated rings. The summed E-state index contributed by atoms with van der Waals surface area (Å²) in [5, 5.41) is 4.22. The van der Waals surface area contributed by atoms with E-state index in [0.29, 0.717) is 12.3 Å². The Morgan fingerprint density at radius 1 is 1.07 bits per heavy atom. The zero-order valence-corrected chi connectivity index (χ0v) is 19.6. The number of ether oxygens (including phenoxy) is 1. The first-order valence-corrected chi connectivity index (χ1v) is 13.8. The number of hydrogen-bond acceptors (Lipinski definition) is 5. The predicted molar refractivity (Wildman–Crippen MR) is 118 cm³/mol. The number of aromatic nitrogens is 3. The molecule has 2 aromatic rings. The Balaban J connectivity index is 1.67. The zero-order chi connectivity index (χ0) is 21.4. The molecule has 9 heteroatoms.